The van der Waals surface area contributed by atoms with Gasteiger partial charge in [0.25, 0.3) is 0 Å². The van der Waals surface area contributed by atoms with Crippen molar-refractivity contribution in [3.63, 3.8) is 0 Å². The second-order valence-corrected chi connectivity index (χ2v) is 5.35. The maximum Gasteiger partial charge on any atom is 0.120 e. The first-order valence-corrected chi connectivity index (χ1v) is 7.74. The summed E-state index contributed by atoms with van der Waals surface area (Å²) in [6.45, 7) is 6.59. The zero-order valence-corrected chi connectivity index (χ0v) is 13.3. The minimum absolute atomic E-state index is 0.125. The molecule has 2 rings (SSSR count). The summed E-state index contributed by atoms with van der Waals surface area (Å²) in [6.07, 6.45) is 5.06. The summed E-state index contributed by atoms with van der Waals surface area (Å²) in [5.74, 6) is 0.784. The summed E-state index contributed by atoms with van der Waals surface area (Å²) >= 11 is 5.97. The Hall–Kier alpha value is -1.52. The maximum absolute atomic E-state index is 5.97. The van der Waals surface area contributed by atoms with E-state index in [1.54, 1.807) is 0 Å². The number of nitrogens with one attached hydrogen (secondary N) is 1. The van der Waals surface area contributed by atoms with Crippen molar-refractivity contribution in [2.24, 2.45) is 0 Å². The lowest BCUT2D eigenvalue weighted by Crippen LogP contribution is -2.26. The fraction of sp³-hybridized carbons (Fsp3) is 0.438. The molecule has 0 saturated heterocycles. The molecule has 1 unspecified atom stereocenters. The molecule has 2 aromatic rings. The van der Waals surface area contributed by atoms with Gasteiger partial charge in [-0.05, 0) is 31.2 Å². The van der Waals surface area contributed by atoms with E-state index in [4.69, 9.17) is 16.3 Å². The fourth-order valence-corrected chi connectivity index (χ4v) is 2.35. The van der Waals surface area contributed by atoms with Crippen LogP contribution in [0.2, 0.25) is 5.02 Å². The number of hydrogen-bond donors (Lipinski definition) is 1. The van der Waals surface area contributed by atoms with E-state index in [9.17, 15) is 0 Å². The van der Waals surface area contributed by atoms with Gasteiger partial charge in [-0.2, -0.15) is 5.10 Å². The zero-order chi connectivity index (χ0) is 15.1. The van der Waals surface area contributed by atoms with Crippen LogP contribution in [0.25, 0.3) is 0 Å². The number of nitrogens with zero attached hydrogens (tertiary/aromatic N) is 2. The van der Waals surface area contributed by atoms with Crippen molar-refractivity contribution < 1.29 is 4.74 Å². The first kappa shape index (κ1) is 15.9. The predicted octanol–water partition coefficient (Wildman–Crippen LogP) is 3.68. The monoisotopic (exact) mass is 307 g/mol. The van der Waals surface area contributed by atoms with Crippen LogP contribution in [0.5, 0.6) is 5.75 Å². The maximum atomic E-state index is 5.97. The van der Waals surface area contributed by atoms with Crippen LogP contribution in [0, 0.1) is 0 Å². The molecule has 1 N–H and O–H groups in total. The van der Waals surface area contributed by atoms with E-state index in [0.29, 0.717) is 11.6 Å². The fourth-order valence-electron chi connectivity index (χ4n) is 2.17. The minimum atomic E-state index is 0.125. The number of ether oxygens (including phenoxy) is 1. The number of aryl methyl sites for hydroxylation is 1. The molecular weight excluding hydrogens is 286 g/mol. The number of benzene rings is 1. The third-order valence-electron chi connectivity index (χ3n) is 3.17. The molecule has 114 valence electrons. The first-order valence-electron chi connectivity index (χ1n) is 7.37. The molecule has 21 heavy (non-hydrogen) atoms. The molecule has 0 fully saturated rings. The van der Waals surface area contributed by atoms with Crippen LogP contribution in [0.4, 0.5) is 0 Å². The molecular formula is C16H22ClN3O. The smallest absolute Gasteiger partial charge is 0.120 e. The SMILES string of the molecule is CCCn1cc(C(COc2cccc(Cl)c2)NCC)cn1. The van der Waals surface area contributed by atoms with Gasteiger partial charge in [0.05, 0.1) is 12.2 Å². The van der Waals surface area contributed by atoms with E-state index >= 15 is 0 Å². The van der Waals surface area contributed by atoms with Crippen molar-refractivity contribution >= 4 is 11.6 Å². The Kier molecular flexibility index (Phi) is 6.08. The molecule has 1 atom stereocenters. The van der Waals surface area contributed by atoms with Crippen molar-refractivity contribution in [1.29, 1.82) is 0 Å². The molecule has 0 spiro atoms. The normalized spacial score (nSPS) is 12.3. The van der Waals surface area contributed by atoms with Crippen molar-refractivity contribution in [3.05, 3.63) is 47.2 Å². The molecule has 0 aliphatic rings. The summed E-state index contributed by atoms with van der Waals surface area (Å²) in [7, 11) is 0. The van der Waals surface area contributed by atoms with Crippen molar-refractivity contribution in [1.82, 2.24) is 15.1 Å². The van der Waals surface area contributed by atoms with Crippen molar-refractivity contribution in [2.75, 3.05) is 13.2 Å². The van der Waals surface area contributed by atoms with Crippen LogP contribution in [0.15, 0.2) is 36.7 Å². The second-order valence-electron chi connectivity index (χ2n) is 4.92. The summed E-state index contributed by atoms with van der Waals surface area (Å²) in [4.78, 5) is 0. The Bertz CT molecular complexity index is 556. The average molecular weight is 308 g/mol. The second kappa shape index (κ2) is 8.05. The third kappa shape index (κ3) is 4.76. The molecule has 0 aliphatic heterocycles. The van der Waals surface area contributed by atoms with E-state index in [2.05, 4.69) is 30.5 Å². The Morgan fingerprint density at radius 3 is 2.95 bits per heavy atom. The lowest BCUT2D eigenvalue weighted by molar-refractivity contribution is 0.268. The van der Waals surface area contributed by atoms with Crippen LogP contribution < -0.4 is 10.1 Å². The Morgan fingerprint density at radius 2 is 2.24 bits per heavy atom. The highest BCUT2D eigenvalue weighted by atomic mass is 35.5. The highest BCUT2D eigenvalue weighted by Gasteiger charge is 2.13. The van der Waals surface area contributed by atoms with E-state index < -0.39 is 0 Å². The van der Waals surface area contributed by atoms with Crippen molar-refractivity contribution in [3.8, 4) is 5.75 Å². The molecule has 0 radical (unpaired) electrons. The summed E-state index contributed by atoms with van der Waals surface area (Å²) < 4.78 is 7.81. The van der Waals surface area contributed by atoms with E-state index in [1.165, 1.54) is 0 Å². The molecule has 5 heteroatoms. The van der Waals surface area contributed by atoms with Gasteiger partial charge in [-0.3, -0.25) is 4.68 Å². The van der Waals surface area contributed by atoms with Crippen LogP contribution in [-0.4, -0.2) is 22.9 Å². The van der Waals surface area contributed by atoms with Gasteiger partial charge in [0.1, 0.15) is 12.4 Å². The molecule has 1 aromatic carbocycles. The molecule has 0 aliphatic carbocycles. The van der Waals surface area contributed by atoms with Crippen LogP contribution in [-0.2, 0) is 6.54 Å². The van der Waals surface area contributed by atoms with E-state index in [0.717, 1.165) is 30.8 Å². The van der Waals surface area contributed by atoms with Gasteiger partial charge in [-0.1, -0.05) is 31.5 Å². The molecule has 0 bridgehead atoms. The summed E-state index contributed by atoms with van der Waals surface area (Å²) in [5, 5.41) is 8.49. The summed E-state index contributed by atoms with van der Waals surface area (Å²) in [5.41, 5.74) is 1.15. The molecule has 0 amide bonds. The number of hydrogen-bond acceptors (Lipinski definition) is 3. The van der Waals surface area contributed by atoms with Crippen LogP contribution >= 0.6 is 11.6 Å². The molecule has 1 aromatic heterocycles. The van der Waals surface area contributed by atoms with Gasteiger partial charge in [-0.15, -0.1) is 0 Å². The lowest BCUT2D eigenvalue weighted by Gasteiger charge is -2.17. The van der Waals surface area contributed by atoms with E-state index in [1.807, 2.05) is 35.1 Å². The first-order chi connectivity index (χ1) is 10.2. The molecule has 1 heterocycles. The Balaban J connectivity index is 2.00. The number of likely N-dealkylation sites (N-methyl/N-ethyl adjacent to an activating group) is 1. The Morgan fingerprint density at radius 1 is 1.38 bits per heavy atom. The number of aromatic nitrogens is 2. The van der Waals surface area contributed by atoms with Gasteiger partial charge in [-0.25, -0.2) is 0 Å². The van der Waals surface area contributed by atoms with Crippen molar-refractivity contribution in [2.45, 2.75) is 32.9 Å². The van der Waals surface area contributed by atoms with Gasteiger partial charge in [0.15, 0.2) is 0 Å². The van der Waals surface area contributed by atoms with Crippen LogP contribution in [0.1, 0.15) is 31.9 Å². The minimum Gasteiger partial charge on any atom is -0.492 e. The molecule has 0 saturated carbocycles. The zero-order valence-electron chi connectivity index (χ0n) is 12.6. The Labute approximate surface area is 131 Å². The van der Waals surface area contributed by atoms with Gasteiger partial charge >= 0.3 is 0 Å². The summed E-state index contributed by atoms with van der Waals surface area (Å²) in [6, 6.07) is 7.59. The highest BCUT2D eigenvalue weighted by molar-refractivity contribution is 6.30. The standard InChI is InChI=1S/C16H22ClN3O/c1-3-8-20-11-13(10-19-20)16(18-4-2)12-21-15-7-5-6-14(17)9-15/h5-7,9-11,16,18H,3-4,8,12H2,1-2H3. The lowest BCUT2D eigenvalue weighted by atomic mass is 10.2. The average Bonchev–Trinajstić information content (AvgIpc) is 2.92. The highest BCUT2D eigenvalue weighted by Crippen LogP contribution is 2.19. The largest absolute Gasteiger partial charge is 0.492 e. The van der Waals surface area contributed by atoms with Gasteiger partial charge in [0, 0.05) is 23.3 Å². The van der Waals surface area contributed by atoms with Gasteiger partial charge in [0.2, 0.25) is 0 Å². The third-order valence-corrected chi connectivity index (χ3v) is 3.41. The predicted molar refractivity (Wildman–Crippen MR) is 85.9 cm³/mol. The number of rotatable bonds is 8. The molecule has 4 nitrogen and oxygen atoms in total. The topological polar surface area (TPSA) is 39.1 Å². The van der Waals surface area contributed by atoms with Crippen LogP contribution in [0.3, 0.4) is 0 Å². The number of halogens is 1. The quantitative estimate of drug-likeness (QED) is 0.808. The van der Waals surface area contributed by atoms with Gasteiger partial charge < -0.3 is 10.1 Å². The van der Waals surface area contributed by atoms with E-state index in [-0.39, 0.29) is 6.04 Å².